The summed E-state index contributed by atoms with van der Waals surface area (Å²) < 4.78 is 33.5. The zero-order valence-corrected chi connectivity index (χ0v) is 21.3. The van der Waals surface area contributed by atoms with E-state index >= 15 is 0 Å². The molecule has 2 N–H and O–H groups in total. The number of fused-ring (bicyclic) bond motifs is 1. The van der Waals surface area contributed by atoms with Crippen molar-refractivity contribution in [2.24, 2.45) is 5.10 Å². The molecule has 0 spiro atoms. The first kappa shape index (κ1) is 25.0. The maximum Gasteiger partial charge on any atom is 0.271 e. The quantitative estimate of drug-likeness (QED) is 0.364. The Kier molecular flexibility index (Phi) is 6.85. The van der Waals surface area contributed by atoms with Crippen LogP contribution < -0.4 is 19.8 Å². The molecule has 0 fully saturated rings. The van der Waals surface area contributed by atoms with Gasteiger partial charge < -0.3 is 9.64 Å². The second-order valence-corrected chi connectivity index (χ2v) is 10.5. The van der Waals surface area contributed by atoms with E-state index in [1.807, 2.05) is 25.3 Å². The lowest BCUT2D eigenvalue weighted by Gasteiger charge is -2.23. The maximum atomic E-state index is 12.9. The van der Waals surface area contributed by atoms with Gasteiger partial charge in [-0.25, -0.2) is 13.8 Å². The minimum atomic E-state index is -3.95. The van der Waals surface area contributed by atoms with E-state index in [1.54, 1.807) is 24.3 Å². The van der Waals surface area contributed by atoms with Gasteiger partial charge >= 0.3 is 0 Å². The van der Waals surface area contributed by atoms with Gasteiger partial charge in [-0.2, -0.15) is 5.10 Å². The molecule has 4 rings (SSSR count). The van der Waals surface area contributed by atoms with Gasteiger partial charge in [0.05, 0.1) is 17.7 Å². The molecular formula is C27H28N4O4S. The molecule has 8 nitrogen and oxygen atoms in total. The Morgan fingerprint density at radius 3 is 2.50 bits per heavy atom. The zero-order valence-electron chi connectivity index (χ0n) is 20.5. The van der Waals surface area contributed by atoms with E-state index in [4.69, 9.17) is 4.74 Å². The van der Waals surface area contributed by atoms with E-state index in [-0.39, 0.29) is 15.9 Å². The molecule has 1 amide bonds. The molecule has 0 atom stereocenters. The number of carbonyl (C=O) groups is 1. The summed E-state index contributed by atoms with van der Waals surface area (Å²) in [7, 11) is -0.493. The van der Waals surface area contributed by atoms with E-state index < -0.39 is 15.9 Å². The third-order valence-electron chi connectivity index (χ3n) is 6.17. The number of amides is 1. The number of hydrazone groups is 1. The summed E-state index contributed by atoms with van der Waals surface area (Å²) in [5, 5.41) is 4.05. The lowest BCUT2D eigenvalue weighted by Crippen LogP contribution is -2.23. The van der Waals surface area contributed by atoms with Crippen molar-refractivity contribution >= 4 is 33.5 Å². The Morgan fingerprint density at radius 1 is 1.03 bits per heavy atom. The van der Waals surface area contributed by atoms with E-state index in [9.17, 15) is 13.2 Å². The number of methoxy groups -OCH3 is 1. The number of likely N-dealkylation sites (N-methyl/N-ethyl adjacent to an activating group) is 1. The predicted molar refractivity (Wildman–Crippen MR) is 142 cm³/mol. The molecule has 9 heteroatoms. The molecule has 186 valence electrons. The fourth-order valence-electron chi connectivity index (χ4n) is 4.31. The molecule has 1 aliphatic rings. The van der Waals surface area contributed by atoms with Crippen molar-refractivity contribution in [3.05, 3.63) is 95.7 Å². The fraction of sp³-hybridized carbons (Fsp3) is 0.185. The van der Waals surface area contributed by atoms with Gasteiger partial charge in [0.1, 0.15) is 5.75 Å². The Balaban J connectivity index is 1.47. The van der Waals surface area contributed by atoms with Crippen molar-refractivity contribution in [2.75, 3.05) is 23.8 Å². The zero-order chi connectivity index (χ0) is 25.9. The lowest BCUT2D eigenvalue weighted by molar-refractivity contribution is 0.0955. The van der Waals surface area contributed by atoms with Crippen LogP contribution in [-0.4, -0.2) is 34.7 Å². The number of para-hydroxylation sites is 3. The molecule has 0 saturated carbocycles. The molecule has 3 aromatic rings. The third kappa shape index (κ3) is 4.83. The highest BCUT2D eigenvalue weighted by molar-refractivity contribution is 7.92. The van der Waals surface area contributed by atoms with Gasteiger partial charge in [0.25, 0.3) is 15.9 Å². The second-order valence-electron chi connectivity index (χ2n) is 8.81. The number of ether oxygens (including phenoxy) is 1. The number of rotatable bonds is 7. The molecular weight excluding hydrogens is 476 g/mol. The molecule has 0 aromatic heterocycles. The van der Waals surface area contributed by atoms with E-state index in [0.717, 1.165) is 11.4 Å². The highest BCUT2D eigenvalue weighted by atomic mass is 32.2. The summed E-state index contributed by atoms with van der Waals surface area (Å²) >= 11 is 0. The van der Waals surface area contributed by atoms with Crippen LogP contribution in [0.15, 0.2) is 94.6 Å². The number of hydrogen-bond donors (Lipinski definition) is 2. The first-order valence-corrected chi connectivity index (χ1v) is 12.8. The van der Waals surface area contributed by atoms with Gasteiger partial charge in [-0.3, -0.25) is 9.52 Å². The van der Waals surface area contributed by atoms with E-state index in [2.05, 4.69) is 46.1 Å². The van der Waals surface area contributed by atoms with Crippen molar-refractivity contribution in [3.63, 3.8) is 0 Å². The van der Waals surface area contributed by atoms with Crippen LogP contribution in [0.1, 0.15) is 29.8 Å². The SMILES string of the molecule is COc1ccccc1NS(=O)(=O)c1cccc(C(=O)N/N=C/C=C2/N(C)c3ccccc3C2(C)C)c1. The summed E-state index contributed by atoms with van der Waals surface area (Å²) in [6.45, 7) is 4.27. The van der Waals surface area contributed by atoms with Crippen LogP contribution in [0.4, 0.5) is 11.4 Å². The minimum Gasteiger partial charge on any atom is -0.495 e. The number of carbonyl (C=O) groups excluding carboxylic acids is 1. The fourth-order valence-corrected chi connectivity index (χ4v) is 5.42. The average Bonchev–Trinajstić information content (AvgIpc) is 3.07. The van der Waals surface area contributed by atoms with Crippen LogP contribution in [0.2, 0.25) is 0 Å². The highest BCUT2D eigenvalue weighted by Gasteiger charge is 2.37. The summed E-state index contributed by atoms with van der Waals surface area (Å²) in [6.07, 6.45) is 3.39. The number of sulfonamides is 1. The molecule has 0 saturated heterocycles. The van der Waals surface area contributed by atoms with Crippen molar-refractivity contribution < 1.29 is 17.9 Å². The molecule has 0 bridgehead atoms. The van der Waals surface area contributed by atoms with Crippen LogP contribution in [0.3, 0.4) is 0 Å². The second kappa shape index (κ2) is 9.87. The van der Waals surface area contributed by atoms with Crippen molar-refractivity contribution in [3.8, 4) is 5.75 Å². The molecule has 1 heterocycles. The number of nitrogens with one attached hydrogen (secondary N) is 2. The van der Waals surface area contributed by atoms with Gasteiger partial charge in [-0.1, -0.05) is 50.2 Å². The lowest BCUT2D eigenvalue weighted by atomic mass is 9.84. The monoisotopic (exact) mass is 504 g/mol. The topological polar surface area (TPSA) is 100 Å². The third-order valence-corrected chi connectivity index (χ3v) is 7.53. The van der Waals surface area contributed by atoms with Crippen molar-refractivity contribution in [2.45, 2.75) is 24.2 Å². The minimum absolute atomic E-state index is 0.0563. The Morgan fingerprint density at radius 2 is 1.75 bits per heavy atom. The normalized spacial score (nSPS) is 15.7. The number of hydrogen-bond acceptors (Lipinski definition) is 6. The number of nitrogens with zero attached hydrogens (tertiary/aromatic N) is 2. The van der Waals surface area contributed by atoms with Crippen LogP contribution >= 0.6 is 0 Å². The average molecular weight is 505 g/mol. The molecule has 0 radical (unpaired) electrons. The molecule has 36 heavy (non-hydrogen) atoms. The largest absolute Gasteiger partial charge is 0.495 e. The molecule has 0 unspecified atom stereocenters. The smallest absolute Gasteiger partial charge is 0.271 e. The van der Waals surface area contributed by atoms with Gasteiger partial charge in [0.2, 0.25) is 0 Å². The van der Waals surface area contributed by atoms with Gasteiger partial charge in [-0.15, -0.1) is 0 Å². The summed E-state index contributed by atoms with van der Waals surface area (Å²) in [5.74, 6) is -0.140. The van der Waals surface area contributed by atoms with E-state index in [1.165, 1.54) is 43.2 Å². The first-order chi connectivity index (χ1) is 17.1. The van der Waals surface area contributed by atoms with Crippen LogP contribution in [-0.2, 0) is 15.4 Å². The van der Waals surface area contributed by atoms with Gasteiger partial charge in [0, 0.05) is 35.6 Å². The van der Waals surface area contributed by atoms with Crippen molar-refractivity contribution in [1.82, 2.24) is 5.43 Å². The van der Waals surface area contributed by atoms with Crippen LogP contribution in [0.5, 0.6) is 5.75 Å². The van der Waals surface area contributed by atoms with Gasteiger partial charge in [-0.05, 0) is 48.0 Å². The molecule has 1 aliphatic heterocycles. The summed E-state index contributed by atoms with van der Waals surface area (Å²) in [6, 6.07) is 20.6. The standard InChI is InChI=1S/C27H28N4O4S/c1-27(2)21-12-5-7-14-23(21)31(3)25(27)16-17-28-29-26(32)19-10-9-11-20(18-19)36(33,34)30-22-13-6-8-15-24(22)35-4/h5-18,30H,1-4H3,(H,29,32)/b25-16+,28-17+. The first-order valence-electron chi connectivity index (χ1n) is 11.3. The Hall–Kier alpha value is -4.11. The maximum absolute atomic E-state index is 12.9. The number of benzene rings is 3. The Labute approximate surface area is 211 Å². The number of anilines is 2. The van der Waals surface area contributed by atoms with Crippen LogP contribution in [0, 0.1) is 0 Å². The van der Waals surface area contributed by atoms with Crippen molar-refractivity contribution in [1.29, 1.82) is 0 Å². The Bertz CT molecular complexity index is 1460. The van der Waals surface area contributed by atoms with E-state index in [0.29, 0.717) is 11.4 Å². The van der Waals surface area contributed by atoms with Gasteiger partial charge in [0.15, 0.2) is 0 Å². The number of allylic oxidation sites excluding steroid dienone is 2. The molecule has 0 aliphatic carbocycles. The highest BCUT2D eigenvalue weighted by Crippen LogP contribution is 2.46. The van der Waals surface area contributed by atoms with Crippen LogP contribution in [0.25, 0.3) is 0 Å². The summed E-state index contributed by atoms with van der Waals surface area (Å²) in [5.41, 5.74) is 6.10. The predicted octanol–water partition coefficient (Wildman–Crippen LogP) is 4.52. The molecule has 3 aromatic carbocycles. The summed E-state index contributed by atoms with van der Waals surface area (Å²) in [4.78, 5) is 14.7.